The van der Waals surface area contributed by atoms with E-state index in [1.54, 1.807) is 0 Å². The largest absolute Gasteiger partial charge is 0.466 e. The molecule has 2 heteroatoms. The van der Waals surface area contributed by atoms with Gasteiger partial charge in [-0.1, -0.05) is 55.5 Å². The van der Waals surface area contributed by atoms with Crippen LogP contribution in [0.5, 0.6) is 0 Å². The molecule has 0 N–H and O–H groups in total. The molecule has 0 spiro atoms. The van der Waals surface area contributed by atoms with Gasteiger partial charge in [-0.25, -0.2) is 0 Å². The molecule has 2 nitrogen and oxygen atoms in total. The second-order valence-electron chi connectivity index (χ2n) is 6.75. The van der Waals surface area contributed by atoms with Gasteiger partial charge >= 0.3 is 5.97 Å². The molecule has 0 radical (unpaired) electrons. The van der Waals surface area contributed by atoms with Crippen molar-refractivity contribution >= 4 is 5.97 Å². The lowest BCUT2D eigenvalue weighted by Crippen LogP contribution is -2.36. The molecule has 0 aromatic heterocycles. The molecule has 0 heterocycles. The third kappa shape index (κ3) is 2.12. The smallest absolute Gasteiger partial charge is 0.310 e. The average molecular weight is 306 g/mol. The number of esters is 1. The lowest BCUT2D eigenvalue weighted by molar-refractivity contribution is -0.151. The van der Waals surface area contributed by atoms with Gasteiger partial charge in [-0.2, -0.15) is 0 Å². The first-order chi connectivity index (χ1) is 11.2. The van der Waals surface area contributed by atoms with Gasteiger partial charge < -0.3 is 4.74 Å². The molecule has 4 atom stereocenters. The molecule has 4 unspecified atom stereocenters. The summed E-state index contributed by atoms with van der Waals surface area (Å²) in [6.07, 6.45) is 1.01. The van der Waals surface area contributed by atoms with Crippen LogP contribution in [0.15, 0.2) is 48.5 Å². The summed E-state index contributed by atoms with van der Waals surface area (Å²) in [7, 11) is 0. The Bertz CT molecular complexity index is 749. The molecule has 0 amide bonds. The Morgan fingerprint density at radius 2 is 1.70 bits per heavy atom. The van der Waals surface area contributed by atoms with Gasteiger partial charge in [-0.15, -0.1) is 0 Å². The van der Waals surface area contributed by atoms with Crippen LogP contribution in [-0.4, -0.2) is 12.6 Å². The van der Waals surface area contributed by atoms with E-state index in [0.29, 0.717) is 18.4 Å². The molecular weight excluding hydrogens is 284 g/mol. The van der Waals surface area contributed by atoms with Crippen LogP contribution >= 0.6 is 0 Å². The molecule has 118 valence electrons. The first-order valence-corrected chi connectivity index (χ1v) is 8.55. The Morgan fingerprint density at radius 3 is 2.43 bits per heavy atom. The minimum atomic E-state index is -0.0847. The highest BCUT2D eigenvalue weighted by Crippen LogP contribution is 2.54. The summed E-state index contributed by atoms with van der Waals surface area (Å²) in [5.41, 5.74) is 5.43. The highest BCUT2D eigenvalue weighted by Gasteiger charge is 2.48. The molecule has 5 rings (SSSR count). The summed E-state index contributed by atoms with van der Waals surface area (Å²) in [6, 6.07) is 17.3. The van der Waals surface area contributed by atoms with E-state index < -0.39 is 0 Å². The van der Waals surface area contributed by atoms with Crippen molar-refractivity contribution in [2.24, 2.45) is 11.8 Å². The quantitative estimate of drug-likeness (QED) is 0.774. The van der Waals surface area contributed by atoms with E-state index in [4.69, 9.17) is 4.74 Å². The number of carbonyl (C=O) groups excluding carboxylic acids is 1. The Morgan fingerprint density at radius 1 is 1.04 bits per heavy atom. The maximum Gasteiger partial charge on any atom is 0.310 e. The molecule has 23 heavy (non-hydrogen) atoms. The zero-order chi connectivity index (χ0) is 16.0. The van der Waals surface area contributed by atoms with Crippen LogP contribution in [0, 0.1) is 11.8 Å². The summed E-state index contributed by atoms with van der Waals surface area (Å²) in [4.78, 5) is 12.7. The molecule has 2 aromatic rings. The highest BCUT2D eigenvalue weighted by molar-refractivity contribution is 5.77. The first kappa shape index (κ1) is 14.5. The van der Waals surface area contributed by atoms with Crippen molar-refractivity contribution in [3.05, 3.63) is 70.8 Å². The second kappa shape index (κ2) is 5.52. The van der Waals surface area contributed by atoms with Crippen molar-refractivity contribution in [2.75, 3.05) is 6.61 Å². The Kier molecular flexibility index (Phi) is 3.48. The predicted octanol–water partition coefficient (Wildman–Crippen LogP) is 4.29. The van der Waals surface area contributed by atoms with E-state index in [1.807, 2.05) is 6.92 Å². The number of fused-ring (bicyclic) bond motifs is 1. The summed E-state index contributed by atoms with van der Waals surface area (Å²) in [5, 5.41) is 0. The number of hydrogen-bond donors (Lipinski definition) is 0. The third-order valence-electron chi connectivity index (χ3n) is 5.68. The van der Waals surface area contributed by atoms with Crippen LogP contribution in [0.1, 0.15) is 47.9 Å². The summed E-state index contributed by atoms with van der Waals surface area (Å²) in [5.74, 6) is 0.678. The molecule has 3 aliphatic carbocycles. The van der Waals surface area contributed by atoms with E-state index >= 15 is 0 Å². The van der Waals surface area contributed by atoms with Crippen LogP contribution in [-0.2, 0) is 16.0 Å². The maximum absolute atomic E-state index is 12.7. The third-order valence-corrected chi connectivity index (χ3v) is 5.68. The van der Waals surface area contributed by atoms with Gasteiger partial charge in [0.1, 0.15) is 0 Å². The van der Waals surface area contributed by atoms with E-state index in [2.05, 4.69) is 55.5 Å². The molecule has 3 aliphatic rings. The highest BCUT2D eigenvalue weighted by atomic mass is 16.5. The average Bonchev–Trinajstić information content (AvgIpc) is 2.79. The predicted molar refractivity (Wildman–Crippen MR) is 90.5 cm³/mol. The number of carbonyl (C=O) groups is 1. The standard InChI is InChI=1S/C21H22O2/c1-3-23-21(22)19-13(2)18-12-14-8-4-5-9-15(14)20(19)17-11-7-6-10-16(17)18/h4-11,13,18-20H,3,12H2,1-2H3. The van der Waals surface area contributed by atoms with Crippen molar-refractivity contribution in [3.63, 3.8) is 0 Å². The van der Waals surface area contributed by atoms with E-state index in [9.17, 15) is 4.79 Å². The molecule has 0 aliphatic heterocycles. The summed E-state index contributed by atoms with van der Waals surface area (Å²) in [6.45, 7) is 4.56. The van der Waals surface area contributed by atoms with Gasteiger partial charge in [-0.05, 0) is 47.4 Å². The Hall–Kier alpha value is -2.09. The van der Waals surface area contributed by atoms with Crippen LogP contribution in [0.2, 0.25) is 0 Å². The fourth-order valence-corrected chi connectivity index (χ4v) is 4.67. The molecule has 0 saturated heterocycles. The van der Waals surface area contributed by atoms with Crippen molar-refractivity contribution in [3.8, 4) is 0 Å². The van der Waals surface area contributed by atoms with Crippen molar-refractivity contribution in [1.82, 2.24) is 0 Å². The summed E-state index contributed by atoms with van der Waals surface area (Å²) >= 11 is 0. The number of rotatable bonds is 2. The van der Waals surface area contributed by atoms with Gasteiger partial charge in [0.15, 0.2) is 0 Å². The fraction of sp³-hybridized carbons (Fsp3) is 0.381. The number of ether oxygens (including phenoxy) is 1. The van der Waals surface area contributed by atoms with E-state index in [-0.39, 0.29) is 17.8 Å². The van der Waals surface area contributed by atoms with Crippen LogP contribution in [0.4, 0.5) is 0 Å². The minimum absolute atomic E-state index is 0.0405. The van der Waals surface area contributed by atoms with Crippen LogP contribution in [0.25, 0.3) is 0 Å². The van der Waals surface area contributed by atoms with Gasteiger partial charge in [0.05, 0.1) is 12.5 Å². The van der Waals surface area contributed by atoms with E-state index in [0.717, 1.165) is 6.42 Å². The molecule has 2 aromatic carbocycles. The van der Waals surface area contributed by atoms with Gasteiger partial charge in [0, 0.05) is 5.92 Å². The summed E-state index contributed by atoms with van der Waals surface area (Å²) < 4.78 is 5.45. The molecule has 0 saturated carbocycles. The van der Waals surface area contributed by atoms with E-state index in [1.165, 1.54) is 22.3 Å². The SMILES string of the molecule is CCOC(=O)C1C2c3ccccc3CC(c3ccccc32)C1C. The van der Waals surface area contributed by atoms with Crippen molar-refractivity contribution in [1.29, 1.82) is 0 Å². The Balaban J connectivity index is 1.95. The number of benzene rings is 2. The zero-order valence-electron chi connectivity index (χ0n) is 13.7. The monoisotopic (exact) mass is 306 g/mol. The van der Waals surface area contributed by atoms with Gasteiger partial charge in [0.25, 0.3) is 0 Å². The fourth-order valence-electron chi connectivity index (χ4n) is 4.67. The second-order valence-corrected chi connectivity index (χ2v) is 6.75. The zero-order valence-corrected chi connectivity index (χ0v) is 13.7. The van der Waals surface area contributed by atoms with Crippen molar-refractivity contribution in [2.45, 2.75) is 32.1 Å². The van der Waals surface area contributed by atoms with Gasteiger partial charge in [0.2, 0.25) is 0 Å². The van der Waals surface area contributed by atoms with Gasteiger partial charge in [-0.3, -0.25) is 4.79 Å². The lowest BCUT2D eigenvalue weighted by atomic mass is 9.64. The molecular formula is C21H22O2. The maximum atomic E-state index is 12.7. The van der Waals surface area contributed by atoms with Crippen LogP contribution in [0.3, 0.4) is 0 Å². The molecule has 0 fully saturated rings. The Labute approximate surface area is 137 Å². The van der Waals surface area contributed by atoms with Crippen LogP contribution < -0.4 is 0 Å². The topological polar surface area (TPSA) is 26.3 Å². The molecule has 2 bridgehead atoms. The minimum Gasteiger partial charge on any atom is -0.466 e. The first-order valence-electron chi connectivity index (χ1n) is 8.55. The normalized spacial score (nSPS) is 27.7. The van der Waals surface area contributed by atoms with Crippen molar-refractivity contribution < 1.29 is 9.53 Å². The number of hydrogen-bond acceptors (Lipinski definition) is 2. The lowest BCUT2D eigenvalue weighted by Gasteiger charge is -2.39.